The average molecular weight is 268 g/mol. The lowest BCUT2D eigenvalue weighted by Crippen LogP contribution is -2.06. The van der Waals surface area contributed by atoms with Crippen molar-refractivity contribution in [2.45, 2.75) is 19.9 Å². The zero-order valence-corrected chi connectivity index (χ0v) is 11.9. The number of hydrogen-bond donors (Lipinski definition) is 1. The van der Waals surface area contributed by atoms with Gasteiger partial charge in [0.05, 0.1) is 17.1 Å². The molecule has 0 saturated heterocycles. The molecule has 0 aliphatic heterocycles. The molecule has 0 saturated carbocycles. The lowest BCUT2D eigenvalue weighted by Gasteiger charge is -2.15. The maximum Gasteiger partial charge on any atom is 0.178 e. The highest BCUT2D eigenvalue weighted by atomic mass is 32.1. The fraction of sp³-hybridized carbons (Fsp3) is 0.188. The second-order valence-corrected chi connectivity index (χ2v) is 5.29. The molecule has 0 spiro atoms. The Morgan fingerprint density at radius 3 is 2.58 bits per heavy atom. The van der Waals surface area contributed by atoms with Crippen LogP contribution in [0.2, 0.25) is 0 Å². The molecule has 1 atom stereocenters. The molecule has 0 fully saturated rings. The van der Waals surface area contributed by atoms with Gasteiger partial charge in [-0.2, -0.15) is 0 Å². The Labute approximate surface area is 117 Å². The number of nitrogens with one attached hydrogen (secondary N) is 1. The number of fused-ring (bicyclic) bond motifs is 1. The van der Waals surface area contributed by atoms with E-state index in [9.17, 15) is 0 Å². The maximum absolute atomic E-state index is 5.48. The minimum Gasteiger partial charge on any atom is -0.331 e. The second kappa shape index (κ2) is 4.67. The highest BCUT2D eigenvalue weighted by molar-refractivity contribution is 7.71. The van der Waals surface area contributed by atoms with E-state index in [2.05, 4.69) is 65.9 Å². The summed E-state index contributed by atoms with van der Waals surface area (Å²) in [5, 5.41) is 0. The third-order valence-corrected chi connectivity index (χ3v) is 3.84. The third-order valence-electron chi connectivity index (χ3n) is 3.54. The van der Waals surface area contributed by atoms with Gasteiger partial charge in [-0.1, -0.05) is 36.4 Å². The molecule has 0 amide bonds. The Morgan fingerprint density at radius 1 is 1.11 bits per heavy atom. The molecule has 1 aromatic heterocycles. The molecule has 1 heterocycles. The van der Waals surface area contributed by atoms with Crippen molar-refractivity contribution in [1.82, 2.24) is 9.55 Å². The van der Waals surface area contributed by atoms with Gasteiger partial charge in [0.2, 0.25) is 0 Å². The first kappa shape index (κ1) is 12.2. The summed E-state index contributed by atoms with van der Waals surface area (Å²) in [6.07, 6.45) is 0. The molecule has 3 heteroatoms. The van der Waals surface area contributed by atoms with Crippen LogP contribution in [0.4, 0.5) is 0 Å². The van der Waals surface area contributed by atoms with E-state index in [4.69, 9.17) is 12.2 Å². The SMILES string of the molecule is Cc1ccc2c(c1)[nH]c(=S)n2C(C)c1ccccc1. The van der Waals surface area contributed by atoms with E-state index in [-0.39, 0.29) is 6.04 Å². The second-order valence-electron chi connectivity index (χ2n) is 4.91. The van der Waals surface area contributed by atoms with Gasteiger partial charge in [-0.25, -0.2) is 0 Å². The summed E-state index contributed by atoms with van der Waals surface area (Å²) in [5.41, 5.74) is 4.77. The largest absolute Gasteiger partial charge is 0.331 e. The number of nitrogens with zero attached hydrogens (tertiary/aromatic N) is 1. The number of aromatic amines is 1. The van der Waals surface area contributed by atoms with Crippen LogP contribution in [0.25, 0.3) is 11.0 Å². The monoisotopic (exact) mass is 268 g/mol. The topological polar surface area (TPSA) is 20.7 Å². The van der Waals surface area contributed by atoms with E-state index >= 15 is 0 Å². The number of H-pyrrole nitrogens is 1. The van der Waals surface area contributed by atoms with Crippen molar-refractivity contribution in [2.75, 3.05) is 0 Å². The molecule has 3 aromatic rings. The normalized spacial score (nSPS) is 12.7. The van der Waals surface area contributed by atoms with Crippen molar-refractivity contribution in [3.8, 4) is 0 Å². The first-order chi connectivity index (χ1) is 9.16. The summed E-state index contributed by atoms with van der Waals surface area (Å²) in [6, 6.07) is 17.1. The molecule has 19 heavy (non-hydrogen) atoms. The van der Waals surface area contributed by atoms with Crippen molar-refractivity contribution in [1.29, 1.82) is 0 Å². The molecule has 2 nitrogen and oxygen atoms in total. The standard InChI is InChI=1S/C16H16N2S/c1-11-8-9-15-14(10-11)17-16(19)18(15)12(2)13-6-4-3-5-7-13/h3-10,12H,1-2H3,(H,17,19). The van der Waals surface area contributed by atoms with Crippen molar-refractivity contribution in [2.24, 2.45) is 0 Å². The van der Waals surface area contributed by atoms with Gasteiger partial charge in [-0.15, -0.1) is 0 Å². The smallest absolute Gasteiger partial charge is 0.178 e. The van der Waals surface area contributed by atoms with E-state index in [1.807, 2.05) is 6.07 Å². The van der Waals surface area contributed by atoms with Crippen LogP contribution in [-0.2, 0) is 0 Å². The summed E-state index contributed by atoms with van der Waals surface area (Å²) in [6.45, 7) is 4.27. The molecule has 0 radical (unpaired) electrons. The first-order valence-corrected chi connectivity index (χ1v) is 6.83. The first-order valence-electron chi connectivity index (χ1n) is 6.42. The van der Waals surface area contributed by atoms with Gasteiger partial charge in [-0.05, 0) is 49.3 Å². The van der Waals surface area contributed by atoms with E-state index < -0.39 is 0 Å². The summed E-state index contributed by atoms with van der Waals surface area (Å²) in [7, 11) is 0. The van der Waals surface area contributed by atoms with Gasteiger partial charge in [0.15, 0.2) is 4.77 Å². The van der Waals surface area contributed by atoms with Crippen molar-refractivity contribution < 1.29 is 0 Å². The molecule has 1 unspecified atom stereocenters. The Bertz CT molecular complexity index is 768. The van der Waals surface area contributed by atoms with Gasteiger partial charge < -0.3 is 9.55 Å². The zero-order valence-electron chi connectivity index (χ0n) is 11.1. The molecular formula is C16H16N2S. The van der Waals surface area contributed by atoms with Crippen molar-refractivity contribution in [3.05, 3.63) is 64.4 Å². The van der Waals surface area contributed by atoms with Crippen LogP contribution in [0.5, 0.6) is 0 Å². The summed E-state index contributed by atoms with van der Waals surface area (Å²) >= 11 is 5.48. The number of imidazole rings is 1. The molecule has 0 bridgehead atoms. The highest BCUT2D eigenvalue weighted by Gasteiger charge is 2.12. The van der Waals surface area contributed by atoms with E-state index in [1.54, 1.807) is 0 Å². The van der Waals surface area contributed by atoms with Crippen LogP contribution in [0, 0.1) is 11.7 Å². The lowest BCUT2D eigenvalue weighted by atomic mass is 10.1. The number of aromatic nitrogens is 2. The Hall–Kier alpha value is -1.87. The average Bonchev–Trinajstić information content (AvgIpc) is 2.74. The predicted octanol–water partition coefficient (Wildman–Crippen LogP) is 4.62. The molecule has 3 rings (SSSR count). The van der Waals surface area contributed by atoms with Gasteiger partial charge in [0.1, 0.15) is 0 Å². The van der Waals surface area contributed by atoms with Gasteiger partial charge in [0, 0.05) is 0 Å². The fourth-order valence-electron chi connectivity index (χ4n) is 2.51. The van der Waals surface area contributed by atoms with Crippen LogP contribution >= 0.6 is 12.2 Å². The quantitative estimate of drug-likeness (QED) is 0.673. The molecule has 0 aliphatic carbocycles. The van der Waals surface area contributed by atoms with Crippen molar-refractivity contribution >= 4 is 23.3 Å². The minimum atomic E-state index is 0.227. The number of hydrogen-bond acceptors (Lipinski definition) is 1. The maximum atomic E-state index is 5.48. The molecule has 96 valence electrons. The van der Waals surface area contributed by atoms with Crippen LogP contribution in [0.3, 0.4) is 0 Å². The summed E-state index contributed by atoms with van der Waals surface area (Å²) in [5.74, 6) is 0. The Balaban J connectivity index is 2.20. The minimum absolute atomic E-state index is 0.227. The van der Waals surface area contributed by atoms with Crippen LogP contribution in [0.15, 0.2) is 48.5 Å². The summed E-state index contributed by atoms with van der Waals surface area (Å²) in [4.78, 5) is 3.30. The predicted molar refractivity (Wildman–Crippen MR) is 82.1 cm³/mol. The van der Waals surface area contributed by atoms with Gasteiger partial charge in [-0.3, -0.25) is 0 Å². The lowest BCUT2D eigenvalue weighted by molar-refractivity contribution is 0.649. The number of rotatable bonds is 2. The molecule has 2 aromatic carbocycles. The molecule has 0 aliphatic rings. The Kier molecular flexibility index (Phi) is 2.99. The zero-order chi connectivity index (χ0) is 13.4. The molecule has 1 N–H and O–H groups in total. The van der Waals surface area contributed by atoms with Crippen LogP contribution in [-0.4, -0.2) is 9.55 Å². The van der Waals surface area contributed by atoms with Crippen LogP contribution in [0.1, 0.15) is 24.1 Å². The van der Waals surface area contributed by atoms with E-state index in [1.165, 1.54) is 11.1 Å². The summed E-state index contributed by atoms with van der Waals surface area (Å²) < 4.78 is 2.95. The van der Waals surface area contributed by atoms with E-state index in [0.717, 1.165) is 15.8 Å². The Morgan fingerprint density at radius 2 is 1.84 bits per heavy atom. The van der Waals surface area contributed by atoms with Gasteiger partial charge in [0.25, 0.3) is 0 Å². The van der Waals surface area contributed by atoms with E-state index in [0.29, 0.717) is 0 Å². The number of aryl methyl sites for hydroxylation is 1. The fourth-order valence-corrected chi connectivity index (χ4v) is 2.88. The highest BCUT2D eigenvalue weighted by Crippen LogP contribution is 2.24. The van der Waals surface area contributed by atoms with Crippen molar-refractivity contribution in [3.63, 3.8) is 0 Å². The van der Waals surface area contributed by atoms with Gasteiger partial charge >= 0.3 is 0 Å². The molecular weight excluding hydrogens is 252 g/mol. The number of benzene rings is 2. The van der Waals surface area contributed by atoms with Crippen LogP contribution < -0.4 is 0 Å². The third kappa shape index (κ3) is 2.10.